The van der Waals surface area contributed by atoms with Crippen LogP contribution in [0.25, 0.3) is 22.1 Å². The topological polar surface area (TPSA) is 138 Å². The first kappa shape index (κ1) is 29.8. The SMILES string of the molecule is CC(C)(C)c1ccc2[nH]c(CC[C@H]3C[C@H](N(C[C@H]4O[C@@H](n5ccc6c(N)ncnc65)[C@@H](O)[C@H]4O)CC(F)(F)F)C3)nc2c1. The Bertz CT molecular complexity index is 1590. The van der Waals surface area contributed by atoms with Gasteiger partial charge in [0.2, 0.25) is 0 Å². The molecule has 2 aliphatic rings. The van der Waals surface area contributed by atoms with Gasteiger partial charge < -0.3 is 30.2 Å². The first-order valence-corrected chi connectivity index (χ1v) is 14.7. The molecule has 1 aromatic carbocycles. The molecule has 0 unspecified atom stereocenters. The van der Waals surface area contributed by atoms with Crippen LogP contribution < -0.4 is 5.73 Å². The number of anilines is 1. The number of halogens is 3. The molecule has 4 aromatic rings. The van der Waals surface area contributed by atoms with E-state index in [4.69, 9.17) is 15.5 Å². The highest BCUT2D eigenvalue weighted by Gasteiger charge is 2.47. The van der Waals surface area contributed by atoms with Crippen molar-refractivity contribution in [2.24, 2.45) is 5.92 Å². The third-order valence-corrected chi connectivity index (χ3v) is 8.86. The lowest BCUT2D eigenvalue weighted by Gasteiger charge is -2.44. The van der Waals surface area contributed by atoms with Gasteiger partial charge in [0.05, 0.1) is 23.0 Å². The van der Waals surface area contributed by atoms with Crippen LogP contribution in [0.3, 0.4) is 0 Å². The van der Waals surface area contributed by atoms with Gasteiger partial charge in [-0.3, -0.25) is 4.90 Å². The van der Waals surface area contributed by atoms with Gasteiger partial charge in [-0.1, -0.05) is 26.8 Å². The Hall–Kier alpha value is -3.26. The minimum atomic E-state index is -4.42. The van der Waals surface area contributed by atoms with Gasteiger partial charge >= 0.3 is 6.18 Å². The van der Waals surface area contributed by atoms with Crippen LogP contribution in [0.2, 0.25) is 0 Å². The van der Waals surface area contributed by atoms with Crippen molar-refractivity contribution in [2.45, 2.75) is 88.6 Å². The normalized spacial score (nSPS) is 26.5. The summed E-state index contributed by atoms with van der Waals surface area (Å²) in [6, 6.07) is 7.62. The fourth-order valence-corrected chi connectivity index (χ4v) is 6.33. The van der Waals surface area contributed by atoms with Crippen LogP contribution in [0.1, 0.15) is 57.6 Å². The number of benzene rings is 1. The van der Waals surface area contributed by atoms with Crippen molar-refractivity contribution in [1.29, 1.82) is 0 Å². The number of aryl methyl sites for hydroxylation is 1. The Labute approximate surface area is 247 Å². The molecule has 6 rings (SSSR count). The molecule has 0 bridgehead atoms. The van der Waals surface area contributed by atoms with E-state index in [1.807, 2.05) is 6.07 Å². The average Bonchev–Trinajstić information content (AvgIpc) is 3.58. The molecule has 1 aliphatic heterocycles. The average molecular weight is 602 g/mol. The van der Waals surface area contributed by atoms with Gasteiger partial charge in [-0.05, 0) is 54.4 Å². The molecule has 43 heavy (non-hydrogen) atoms. The summed E-state index contributed by atoms with van der Waals surface area (Å²) in [6.07, 6.45) is -3.57. The summed E-state index contributed by atoms with van der Waals surface area (Å²) in [4.78, 5) is 17.6. The van der Waals surface area contributed by atoms with Gasteiger partial charge in [0, 0.05) is 25.2 Å². The number of rotatable bonds is 8. The monoisotopic (exact) mass is 601 g/mol. The molecule has 10 nitrogen and oxygen atoms in total. The van der Waals surface area contributed by atoms with Crippen LogP contribution in [-0.2, 0) is 16.6 Å². The summed E-state index contributed by atoms with van der Waals surface area (Å²) in [5.41, 5.74) is 9.43. The Balaban J connectivity index is 1.08. The van der Waals surface area contributed by atoms with Crippen LogP contribution in [-0.4, -0.2) is 83.2 Å². The number of aliphatic hydroxyl groups excluding tert-OH is 2. The van der Waals surface area contributed by atoms with Crippen molar-refractivity contribution in [3.05, 3.63) is 48.2 Å². The Morgan fingerprint density at radius 3 is 2.60 bits per heavy atom. The van der Waals surface area contributed by atoms with Crippen LogP contribution in [0.5, 0.6) is 0 Å². The molecule has 4 atom stereocenters. The van der Waals surface area contributed by atoms with E-state index in [1.54, 1.807) is 12.3 Å². The lowest BCUT2D eigenvalue weighted by molar-refractivity contribution is -0.163. The van der Waals surface area contributed by atoms with Crippen LogP contribution in [0.4, 0.5) is 19.0 Å². The lowest BCUT2D eigenvalue weighted by Crippen LogP contribution is -2.52. The summed E-state index contributed by atoms with van der Waals surface area (Å²) >= 11 is 0. The number of aromatic amines is 1. The van der Waals surface area contributed by atoms with E-state index in [9.17, 15) is 23.4 Å². The summed E-state index contributed by atoms with van der Waals surface area (Å²) in [5.74, 6) is 1.39. The Morgan fingerprint density at radius 2 is 1.88 bits per heavy atom. The van der Waals surface area contributed by atoms with Crippen molar-refractivity contribution < 1.29 is 28.1 Å². The second kappa shape index (κ2) is 11.0. The van der Waals surface area contributed by atoms with E-state index in [0.717, 1.165) is 23.3 Å². The summed E-state index contributed by atoms with van der Waals surface area (Å²) in [6.45, 7) is 5.20. The van der Waals surface area contributed by atoms with Gasteiger partial charge in [-0.2, -0.15) is 13.2 Å². The molecule has 1 saturated carbocycles. The maximum atomic E-state index is 13.6. The largest absolute Gasteiger partial charge is 0.401 e. The fourth-order valence-electron chi connectivity index (χ4n) is 6.33. The molecule has 1 aliphatic carbocycles. The Kier molecular flexibility index (Phi) is 7.64. The number of hydrogen-bond donors (Lipinski definition) is 4. The molecular formula is C30H38F3N7O3. The number of aliphatic hydroxyl groups is 2. The number of H-pyrrole nitrogens is 1. The van der Waals surface area contributed by atoms with Gasteiger partial charge in [0.25, 0.3) is 0 Å². The molecule has 0 radical (unpaired) electrons. The predicted octanol–water partition coefficient (Wildman–Crippen LogP) is 4.08. The van der Waals surface area contributed by atoms with Crippen LogP contribution >= 0.6 is 0 Å². The summed E-state index contributed by atoms with van der Waals surface area (Å²) < 4.78 is 48.4. The Morgan fingerprint density at radius 1 is 1.12 bits per heavy atom. The van der Waals surface area contributed by atoms with Crippen molar-refractivity contribution in [3.8, 4) is 0 Å². The maximum Gasteiger partial charge on any atom is 0.401 e. The zero-order chi connectivity index (χ0) is 30.7. The number of imidazole rings is 1. The minimum Gasteiger partial charge on any atom is -0.387 e. The molecule has 0 amide bonds. The summed E-state index contributed by atoms with van der Waals surface area (Å²) in [7, 11) is 0. The molecule has 13 heteroatoms. The predicted molar refractivity (Wildman–Crippen MR) is 155 cm³/mol. The zero-order valence-corrected chi connectivity index (χ0v) is 24.4. The number of hydrogen-bond acceptors (Lipinski definition) is 8. The number of fused-ring (bicyclic) bond motifs is 2. The van der Waals surface area contributed by atoms with Crippen LogP contribution in [0, 0.1) is 5.92 Å². The molecular weight excluding hydrogens is 563 g/mol. The van der Waals surface area contributed by atoms with E-state index in [0.29, 0.717) is 30.3 Å². The lowest BCUT2D eigenvalue weighted by atomic mass is 9.76. The molecule has 4 heterocycles. The van der Waals surface area contributed by atoms with E-state index < -0.39 is 37.3 Å². The van der Waals surface area contributed by atoms with Crippen molar-refractivity contribution in [2.75, 3.05) is 18.8 Å². The second-order valence-electron chi connectivity index (χ2n) is 13.0. The van der Waals surface area contributed by atoms with Gasteiger partial charge in [-0.15, -0.1) is 0 Å². The molecule has 5 N–H and O–H groups in total. The number of nitrogen functional groups attached to an aromatic ring is 1. The van der Waals surface area contributed by atoms with Gasteiger partial charge in [-0.25, -0.2) is 15.0 Å². The summed E-state index contributed by atoms with van der Waals surface area (Å²) in [5, 5.41) is 22.1. The standard InChI is InChI=1S/C30H38F3N7O3/c1-29(2,3)17-5-6-20-21(12-17)38-23(37-20)7-4-16-10-18(11-16)39(14-30(31,32)33)13-22-24(41)25(42)28(43-22)40-9-8-19-26(34)35-15-36-27(19)40/h5-6,8-9,12,15-16,18,22,24-25,28,41-42H,4,7,10-11,13-14H2,1-3H3,(H,37,38)(H2,34,35,36)/t16-,18-,22-,24+,25+,28-/m1/s1. The number of nitrogens with one attached hydrogen (secondary N) is 1. The molecule has 2 fully saturated rings. The minimum absolute atomic E-state index is 0.0231. The van der Waals surface area contributed by atoms with Crippen molar-refractivity contribution in [3.63, 3.8) is 0 Å². The van der Waals surface area contributed by atoms with E-state index in [1.165, 1.54) is 21.4 Å². The van der Waals surface area contributed by atoms with Gasteiger partial charge in [0.15, 0.2) is 6.23 Å². The first-order chi connectivity index (χ1) is 20.3. The highest BCUT2D eigenvalue weighted by molar-refractivity contribution is 5.86. The third kappa shape index (κ3) is 6.08. The quantitative estimate of drug-likeness (QED) is 0.237. The molecule has 1 saturated heterocycles. The fraction of sp³-hybridized carbons (Fsp3) is 0.567. The number of nitrogens with two attached hydrogens (primary N) is 1. The smallest absolute Gasteiger partial charge is 0.387 e. The number of aromatic nitrogens is 5. The zero-order valence-electron chi connectivity index (χ0n) is 24.4. The highest BCUT2D eigenvalue weighted by Crippen LogP contribution is 2.39. The number of ether oxygens (including phenoxy) is 1. The highest BCUT2D eigenvalue weighted by atomic mass is 19.4. The second-order valence-corrected chi connectivity index (χ2v) is 13.0. The van der Waals surface area contributed by atoms with Crippen LogP contribution in [0.15, 0.2) is 36.8 Å². The number of nitrogens with zero attached hydrogens (tertiary/aromatic N) is 5. The van der Waals surface area contributed by atoms with E-state index >= 15 is 0 Å². The molecule has 232 valence electrons. The third-order valence-electron chi connectivity index (χ3n) is 8.86. The number of alkyl halides is 3. The maximum absolute atomic E-state index is 13.6. The van der Waals surface area contributed by atoms with E-state index in [2.05, 4.69) is 47.9 Å². The van der Waals surface area contributed by atoms with E-state index in [-0.39, 0.29) is 29.7 Å². The first-order valence-electron chi connectivity index (χ1n) is 14.7. The van der Waals surface area contributed by atoms with Gasteiger partial charge in [0.1, 0.15) is 41.9 Å². The molecule has 3 aromatic heterocycles. The van der Waals surface area contributed by atoms with Crippen molar-refractivity contribution >= 4 is 27.9 Å². The van der Waals surface area contributed by atoms with Crippen molar-refractivity contribution in [1.82, 2.24) is 29.4 Å². The molecule has 0 spiro atoms.